The molecular formula is C10H18N4. The summed E-state index contributed by atoms with van der Waals surface area (Å²) >= 11 is 0. The lowest BCUT2D eigenvalue weighted by molar-refractivity contribution is 0.401. The zero-order chi connectivity index (χ0) is 10.1. The van der Waals surface area contributed by atoms with Gasteiger partial charge in [0.1, 0.15) is 5.82 Å². The van der Waals surface area contributed by atoms with E-state index in [9.17, 15) is 0 Å². The first kappa shape index (κ1) is 9.52. The van der Waals surface area contributed by atoms with Gasteiger partial charge in [-0.25, -0.2) is 0 Å². The van der Waals surface area contributed by atoms with E-state index in [4.69, 9.17) is 0 Å². The topological polar surface area (TPSA) is 33.1 Å². The average molecular weight is 194 g/mol. The molecule has 1 fully saturated rings. The minimum atomic E-state index is 0.551. The number of hydrogen-bond acceptors (Lipinski definition) is 3. The second-order valence-electron chi connectivity index (χ2n) is 4.29. The van der Waals surface area contributed by atoms with Gasteiger partial charge in [0.05, 0.1) is 6.20 Å². The second kappa shape index (κ2) is 3.61. The Balaban J connectivity index is 2.01. The van der Waals surface area contributed by atoms with Crippen molar-refractivity contribution < 1.29 is 0 Å². The van der Waals surface area contributed by atoms with E-state index in [1.807, 2.05) is 24.0 Å². The molecular weight excluding hydrogens is 176 g/mol. The highest BCUT2D eigenvalue weighted by atomic mass is 15.3. The minimum absolute atomic E-state index is 0.551. The van der Waals surface area contributed by atoms with E-state index in [0.29, 0.717) is 12.0 Å². The Bertz CT molecular complexity index is 307. The molecule has 1 saturated heterocycles. The van der Waals surface area contributed by atoms with Crippen LogP contribution >= 0.6 is 0 Å². The lowest BCUT2D eigenvalue weighted by atomic mass is 10.1. The SMILES string of the molecule is CC1CN(C)CC1Nc1ccnn1C. The Morgan fingerprint density at radius 2 is 2.21 bits per heavy atom. The molecule has 1 N–H and O–H groups in total. The summed E-state index contributed by atoms with van der Waals surface area (Å²) < 4.78 is 1.88. The molecule has 2 heterocycles. The van der Waals surface area contributed by atoms with Crippen LogP contribution in [0.15, 0.2) is 12.3 Å². The van der Waals surface area contributed by atoms with Gasteiger partial charge in [0.25, 0.3) is 0 Å². The van der Waals surface area contributed by atoms with Crippen molar-refractivity contribution in [1.29, 1.82) is 0 Å². The molecule has 2 atom stereocenters. The van der Waals surface area contributed by atoms with Crippen molar-refractivity contribution in [2.24, 2.45) is 13.0 Å². The zero-order valence-electron chi connectivity index (χ0n) is 9.07. The summed E-state index contributed by atoms with van der Waals surface area (Å²) in [6, 6.07) is 2.57. The molecule has 0 saturated carbocycles. The normalized spacial score (nSPS) is 28.2. The Morgan fingerprint density at radius 3 is 2.71 bits per heavy atom. The van der Waals surface area contributed by atoms with Crippen molar-refractivity contribution in [3.8, 4) is 0 Å². The van der Waals surface area contributed by atoms with Gasteiger partial charge in [-0.15, -0.1) is 0 Å². The van der Waals surface area contributed by atoms with Crippen molar-refractivity contribution >= 4 is 5.82 Å². The number of nitrogens with zero attached hydrogens (tertiary/aromatic N) is 3. The fourth-order valence-electron chi connectivity index (χ4n) is 2.10. The average Bonchev–Trinajstić information content (AvgIpc) is 2.62. The van der Waals surface area contributed by atoms with Crippen molar-refractivity contribution in [3.05, 3.63) is 12.3 Å². The third-order valence-corrected chi connectivity index (χ3v) is 2.95. The van der Waals surface area contributed by atoms with E-state index >= 15 is 0 Å². The Morgan fingerprint density at radius 1 is 1.43 bits per heavy atom. The maximum Gasteiger partial charge on any atom is 0.124 e. The summed E-state index contributed by atoms with van der Waals surface area (Å²) in [6.45, 7) is 4.58. The molecule has 0 radical (unpaired) electrons. The summed E-state index contributed by atoms with van der Waals surface area (Å²) in [4.78, 5) is 2.36. The molecule has 0 aromatic carbocycles. The Hall–Kier alpha value is -1.03. The highest BCUT2D eigenvalue weighted by molar-refractivity contribution is 5.35. The molecule has 1 aliphatic heterocycles. The zero-order valence-corrected chi connectivity index (χ0v) is 9.07. The van der Waals surface area contributed by atoms with Gasteiger partial charge in [-0.2, -0.15) is 5.10 Å². The van der Waals surface area contributed by atoms with Crippen molar-refractivity contribution in [2.45, 2.75) is 13.0 Å². The monoisotopic (exact) mass is 194 g/mol. The van der Waals surface area contributed by atoms with Crippen LogP contribution in [0.2, 0.25) is 0 Å². The molecule has 4 nitrogen and oxygen atoms in total. The van der Waals surface area contributed by atoms with Crippen LogP contribution in [0.1, 0.15) is 6.92 Å². The first-order chi connectivity index (χ1) is 6.66. The molecule has 78 valence electrons. The van der Waals surface area contributed by atoms with E-state index < -0.39 is 0 Å². The quantitative estimate of drug-likeness (QED) is 0.755. The highest BCUT2D eigenvalue weighted by Crippen LogP contribution is 2.18. The predicted octanol–water partition coefficient (Wildman–Crippen LogP) is 0.782. The number of nitrogens with one attached hydrogen (secondary N) is 1. The third kappa shape index (κ3) is 1.75. The molecule has 4 heteroatoms. The number of likely N-dealkylation sites (N-methyl/N-ethyl adjacent to an activating group) is 1. The lowest BCUT2D eigenvalue weighted by Crippen LogP contribution is -2.28. The number of aryl methyl sites for hydroxylation is 1. The van der Waals surface area contributed by atoms with Gasteiger partial charge in [0.2, 0.25) is 0 Å². The second-order valence-corrected chi connectivity index (χ2v) is 4.29. The number of rotatable bonds is 2. The Labute approximate surface area is 84.9 Å². The summed E-state index contributed by atoms with van der Waals surface area (Å²) in [7, 11) is 4.13. The van der Waals surface area contributed by atoms with Crippen LogP contribution in [0.5, 0.6) is 0 Å². The van der Waals surface area contributed by atoms with E-state index in [1.165, 1.54) is 6.54 Å². The lowest BCUT2D eigenvalue weighted by Gasteiger charge is -2.17. The maximum atomic E-state index is 4.14. The first-order valence-corrected chi connectivity index (χ1v) is 5.10. The van der Waals surface area contributed by atoms with E-state index in [0.717, 1.165) is 12.4 Å². The van der Waals surface area contributed by atoms with E-state index in [1.54, 1.807) is 0 Å². The molecule has 0 bridgehead atoms. The van der Waals surface area contributed by atoms with Crippen LogP contribution in [-0.2, 0) is 7.05 Å². The summed E-state index contributed by atoms with van der Waals surface area (Å²) in [5.74, 6) is 1.81. The van der Waals surface area contributed by atoms with Gasteiger partial charge in [-0.1, -0.05) is 6.92 Å². The van der Waals surface area contributed by atoms with Crippen LogP contribution in [0, 0.1) is 5.92 Å². The molecule has 0 spiro atoms. The highest BCUT2D eigenvalue weighted by Gasteiger charge is 2.27. The van der Waals surface area contributed by atoms with Crippen LogP contribution in [0.4, 0.5) is 5.82 Å². The van der Waals surface area contributed by atoms with E-state index in [-0.39, 0.29) is 0 Å². The predicted molar refractivity (Wildman–Crippen MR) is 57.3 cm³/mol. The molecule has 1 aromatic heterocycles. The third-order valence-electron chi connectivity index (χ3n) is 2.95. The molecule has 1 aromatic rings. The maximum absolute atomic E-state index is 4.14. The summed E-state index contributed by atoms with van der Waals surface area (Å²) in [5, 5.41) is 7.67. The fraction of sp³-hybridized carbons (Fsp3) is 0.700. The van der Waals surface area contributed by atoms with Gasteiger partial charge in [0.15, 0.2) is 0 Å². The summed E-state index contributed by atoms with van der Waals surface area (Å²) in [6.07, 6.45) is 1.83. The van der Waals surface area contributed by atoms with Crippen LogP contribution in [0.25, 0.3) is 0 Å². The first-order valence-electron chi connectivity index (χ1n) is 5.10. The molecule has 0 aliphatic carbocycles. The number of anilines is 1. The Kier molecular flexibility index (Phi) is 2.46. The fourth-order valence-corrected chi connectivity index (χ4v) is 2.10. The van der Waals surface area contributed by atoms with Gasteiger partial charge in [-0.05, 0) is 13.0 Å². The molecule has 1 aliphatic rings. The van der Waals surface area contributed by atoms with Gasteiger partial charge in [-0.3, -0.25) is 4.68 Å². The molecule has 0 amide bonds. The molecule has 2 unspecified atom stereocenters. The van der Waals surface area contributed by atoms with Crippen LogP contribution < -0.4 is 5.32 Å². The number of aromatic nitrogens is 2. The van der Waals surface area contributed by atoms with Crippen LogP contribution in [-0.4, -0.2) is 40.9 Å². The number of likely N-dealkylation sites (tertiary alicyclic amines) is 1. The van der Waals surface area contributed by atoms with Gasteiger partial charge in [0, 0.05) is 32.2 Å². The van der Waals surface area contributed by atoms with E-state index in [2.05, 4.69) is 29.3 Å². The smallest absolute Gasteiger partial charge is 0.124 e. The van der Waals surface area contributed by atoms with Crippen LogP contribution in [0.3, 0.4) is 0 Å². The largest absolute Gasteiger partial charge is 0.366 e. The summed E-state index contributed by atoms with van der Waals surface area (Å²) in [5.41, 5.74) is 0. The van der Waals surface area contributed by atoms with Crippen molar-refractivity contribution in [2.75, 3.05) is 25.5 Å². The van der Waals surface area contributed by atoms with Gasteiger partial charge < -0.3 is 10.2 Å². The standard InChI is InChI=1S/C10H18N4/c1-8-6-13(2)7-9(8)12-10-4-5-11-14(10)3/h4-5,8-9,12H,6-7H2,1-3H3. The minimum Gasteiger partial charge on any atom is -0.366 e. The van der Waals surface area contributed by atoms with Crippen molar-refractivity contribution in [1.82, 2.24) is 14.7 Å². The van der Waals surface area contributed by atoms with Crippen molar-refractivity contribution in [3.63, 3.8) is 0 Å². The molecule has 14 heavy (non-hydrogen) atoms. The van der Waals surface area contributed by atoms with Gasteiger partial charge >= 0.3 is 0 Å². The number of hydrogen-bond donors (Lipinski definition) is 1. The molecule has 2 rings (SSSR count).